The van der Waals surface area contributed by atoms with Gasteiger partial charge in [0.2, 0.25) is 0 Å². The van der Waals surface area contributed by atoms with Crippen LogP contribution in [0.2, 0.25) is 0 Å². The van der Waals surface area contributed by atoms with Crippen LogP contribution in [-0.2, 0) is 0 Å². The van der Waals surface area contributed by atoms with Crippen molar-refractivity contribution in [2.24, 2.45) is 0 Å². The number of halogens is 2. The molecule has 25 heavy (non-hydrogen) atoms. The van der Waals surface area contributed by atoms with Crippen LogP contribution in [0.25, 0.3) is 27.9 Å². The number of aryl methyl sites for hydroxylation is 1. The lowest BCUT2D eigenvalue weighted by Crippen LogP contribution is -2.06. The number of benzene rings is 2. The van der Waals surface area contributed by atoms with Crippen LogP contribution in [0, 0.1) is 18.6 Å². The Morgan fingerprint density at radius 1 is 0.960 bits per heavy atom. The number of anilines is 1. The molecule has 4 aromatic rings. The minimum Gasteiger partial charge on any atom is -0.383 e. The molecule has 0 unspecified atom stereocenters. The molecule has 2 aromatic carbocycles. The molecule has 0 fully saturated rings. The smallest absolute Gasteiger partial charge is 0.165 e. The van der Waals surface area contributed by atoms with Gasteiger partial charge in [0, 0.05) is 11.1 Å². The maximum atomic E-state index is 13.6. The fourth-order valence-electron chi connectivity index (χ4n) is 2.96. The van der Waals surface area contributed by atoms with Gasteiger partial charge in [0.1, 0.15) is 5.82 Å². The second kappa shape index (κ2) is 5.66. The Morgan fingerprint density at radius 2 is 1.72 bits per heavy atom. The molecule has 2 aromatic heterocycles. The van der Waals surface area contributed by atoms with E-state index in [1.165, 1.54) is 10.6 Å². The van der Waals surface area contributed by atoms with E-state index in [1.807, 2.05) is 30.3 Å². The molecule has 124 valence electrons. The van der Waals surface area contributed by atoms with Crippen LogP contribution < -0.4 is 5.73 Å². The lowest BCUT2D eigenvalue weighted by Gasteiger charge is -2.12. The average Bonchev–Trinajstić information content (AvgIpc) is 3.03. The van der Waals surface area contributed by atoms with Gasteiger partial charge < -0.3 is 5.73 Å². The van der Waals surface area contributed by atoms with Gasteiger partial charge in [-0.1, -0.05) is 36.4 Å². The number of nitrogen functional groups attached to an aromatic ring is 1. The van der Waals surface area contributed by atoms with Crippen molar-refractivity contribution in [2.75, 3.05) is 5.73 Å². The molecule has 6 heteroatoms. The number of nitrogens with two attached hydrogens (primary N) is 1. The molecule has 0 saturated heterocycles. The highest BCUT2D eigenvalue weighted by Gasteiger charge is 2.17. The molecule has 2 heterocycles. The molecule has 4 rings (SSSR count). The van der Waals surface area contributed by atoms with Gasteiger partial charge in [0.25, 0.3) is 0 Å². The summed E-state index contributed by atoms with van der Waals surface area (Å²) >= 11 is 0. The van der Waals surface area contributed by atoms with Gasteiger partial charge in [-0.05, 0) is 30.2 Å². The van der Waals surface area contributed by atoms with E-state index in [1.54, 1.807) is 13.1 Å². The molecule has 0 aliphatic carbocycles. The zero-order valence-electron chi connectivity index (χ0n) is 13.4. The predicted octanol–water partition coefficient (Wildman–Crippen LogP) is 4.23. The molecule has 0 bridgehead atoms. The van der Waals surface area contributed by atoms with Gasteiger partial charge in [0.15, 0.2) is 17.3 Å². The van der Waals surface area contributed by atoms with E-state index in [0.717, 1.165) is 23.3 Å². The minimum absolute atomic E-state index is 0.329. The minimum atomic E-state index is -0.929. The van der Waals surface area contributed by atoms with Crippen LogP contribution in [0.4, 0.5) is 14.6 Å². The Bertz CT molecular complexity index is 1090. The molecule has 0 radical (unpaired) electrons. The molecule has 0 aliphatic rings. The second-order valence-corrected chi connectivity index (χ2v) is 5.75. The first-order chi connectivity index (χ1) is 12.1. The van der Waals surface area contributed by atoms with Gasteiger partial charge in [-0.3, -0.25) is 0 Å². The van der Waals surface area contributed by atoms with E-state index in [0.29, 0.717) is 28.3 Å². The van der Waals surface area contributed by atoms with Crippen LogP contribution in [0.5, 0.6) is 0 Å². The Morgan fingerprint density at radius 3 is 2.44 bits per heavy atom. The number of fused-ring (bicyclic) bond motifs is 1. The van der Waals surface area contributed by atoms with Crippen molar-refractivity contribution in [3.8, 4) is 22.3 Å². The Labute approximate surface area is 142 Å². The summed E-state index contributed by atoms with van der Waals surface area (Å²) in [4.78, 5) is 4.61. The highest BCUT2D eigenvalue weighted by molar-refractivity contribution is 5.83. The standard InChI is InChI=1S/C19H14F2N4/c1-11-17(13-7-8-15(20)16(21)9-13)18(22)25-19(24-11)14(10-23-25)12-5-3-2-4-6-12/h2-10H,22H2,1H3. The summed E-state index contributed by atoms with van der Waals surface area (Å²) < 4.78 is 28.3. The Kier molecular flexibility index (Phi) is 3.46. The van der Waals surface area contributed by atoms with Crippen LogP contribution in [0.3, 0.4) is 0 Å². The molecular weight excluding hydrogens is 322 g/mol. The fourth-order valence-corrected chi connectivity index (χ4v) is 2.96. The lowest BCUT2D eigenvalue weighted by molar-refractivity contribution is 0.509. The maximum Gasteiger partial charge on any atom is 0.165 e. The zero-order chi connectivity index (χ0) is 17.6. The molecule has 0 amide bonds. The topological polar surface area (TPSA) is 56.2 Å². The van der Waals surface area contributed by atoms with E-state index in [4.69, 9.17) is 5.73 Å². The lowest BCUT2D eigenvalue weighted by atomic mass is 10.0. The summed E-state index contributed by atoms with van der Waals surface area (Å²) in [5.74, 6) is -1.50. The van der Waals surface area contributed by atoms with Crippen molar-refractivity contribution in [3.05, 3.63) is 72.1 Å². The summed E-state index contributed by atoms with van der Waals surface area (Å²) in [7, 11) is 0. The maximum absolute atomic E-state index is 13.6. The third kappa shape index (κ3) is 2.42. The van der Waals surface area contributed by atoms with E-state index < -0.39 is 11.6 Å². The van der Waals surface area contributed by atoms with Crippen molar-refractivity contribution in [1.82, 2.24) is 14.6 Å². The van der Waals surface area contributed by atoms with Crippen molar-refractivity contribution in [3.63, 3.8) is 0 Å². The van der Waals surface area contributed by atoms with Gasteiger partial charge in [0.05, 0.1) is 11.9 Å². The Hall–Kier alpha value is -3.28. The van der Waals surface area contributed by atoms with Crippen LogP contribution in [0.1, 0.15) is 5.69 Å². The third-order valence-electron chi connectivity index (χ3n) is 4.16. The van der Waals surface area contributed by atoms with Gasteiger partial charge in [-0.25, -0.2) is 13.8 Å². The first kappa shape index (κ1) is 15.3. The van der Waals surface area contributed by atoms with E-state index in [9.17, 15) is 8.78 Å². The molecule has 2 N–H and O–H groups in total. The highest BCUT2D eigenvalue weighted by atomic mass is 19.2. The first-order valence-corrected chi connectivity index (χ1v) is 7.71. The van der Waals surface area contributed by atoms with Gasteiger partial charge >= 0.3 is 0 Å². The normalized spacial score (nSPS) is 11.2. The number of nitrogens with zero attached hydrogens (tertiary/aromatic N) is 3. The van der Waals surface area contributed by atoms with E-state index in [2.05, 4.69) is 10.1 Å². The summed E-state index contributed by atoms with van der Waals surface area (Å²) in [6, 6.07) is 13.4. The zero-order valence-corrected chi connectivity index (χ0v) is 13.4. The third-order valence-corrected chi connectivity index (χ3v) is 4.16. The summed E-state index contributed by atoms with van der Waals surface area (Å²) in [5, 5.41) is 4.32. The van der Waals surface area contributed by atoms with E-state index in [-0.39, 0.29) is 0 Å². The quantitative estimate of drug-likeness (QED) is 0.596. The molecule has 0 aliphatic heterocycles. The number of hydrogen-bond acceptors (Lipinski definition) is 3. The average molecular weight is 336 g/mol. The summed E-state index contributed by atoms with van der Waals surface area (Å²) in [6.45, 7) is 1.79. The SMILES string of the molecule is Cc1nc2c(-c3ccccc3)cnn2c(N)c1-c1ccc(F)c(F)c1. The largest absolute Gasteiger partial charge is 0.383 e. The van der Waals surface area contributed by atoms with Crippen molar-refractivity contribution < 1.29 is 8.78 Å². The van der Waals surface area contributed by atoms with Gasteiger partial charge in [-0.15, -0.1) is 0 Å². The molecule has 0 atom stereocenters. The second-order valence-electron chi connectivity index (χ2n) is 5.75. The molecule has 0 saturated carbocycles. The van der Waals surface area contributed by atoms with Crippen molar-refractivity contribution in [1.29, 1.82) is 0 Å². The summed E-state index contributed by atoms with van der Waals surface area (Å²) in [5.41, 5.74) is 10.3. The molecule has 4 nitrogen and oxygen atoms in total. The molecular formula is C19H14F2N4. The fraction of sp³-hybridized carbons (Fsp3) is 0.0526. The van der Waals surface area contributed by atoms with E-state index >= 15 is 0 Å². The summed E-state index contributed by atoms with van der Waals surface area (Å²) in [6.07, 6.45) is 1.70. The first-order valence-electron chi connectivity index (χ1n) is 7.71. The van der Waals surface area contributed by atoms with Gasteiger partial charge in [-0.2, -0.15) is 9.61 Å². The van der Waals surface area contributed by atoms with Crippen molar-refractivity contribution >= 4 is 11.5 Å². The monoisotopic (exact) mass is 336 g/mol. The highest BCUT2D eigenvalue weighted by Crippen LogP contribution is 2.33. The van der Waals surface area contributed by atoms with Crippen LogP contribution >= 0.6 is 0 Å². The number of rotatable bonds is 2. The Balaban J connectivity index is 1.96. The van der Waals surface area contributed by atoms with Crippen LogP contribution in [-0.4, -0.2) is 14.6 Å². The number of hydrogen-bond donors (Lipinski definition) is 1. The molecule has 0 spiro atoms. The number of aromatic nitrogens is 3. The van der Waals surface area contributed by atoms with Crippen molar-refractivity contribution in [2.45, 2.75) is 6.92 Å². The van der Waals surface area contributed by atoms with Crippen LogP contribution in [0.15, 0.2) is 54.7 Å². The predicted molar refractivity (Wildman–Crippen MR) is 92.9 cm³/mol.